The van der Waals surface area contributed by atoms with Crippen LogP contribution in [0.5, 0.6) is 0 Å². The first-order chi connectivity index (χ1) is 14.1. The molecule has 0 fully saturated rings. The molecule has 2 aromatic carbocycles. The Balaban J connectivity index is 1.80. The van der Waals surface area contributed by atoms with Crippen molar-refractivity contribution in [2.24, 2.45) is 0 Å². The number of aliphatic hydroxyl groups is 1. The van der Waals surface area contributed by atoms with Crippen LogP contribution in [-0.4, -0.2) is 20.9 Å². The molecule has 4 heteroatoms. The lowest BCUT2D eigenvalue weighted by Gasteiger charge is -2.27. The van der Waals surface area contributed by atoms with E-state index in [1.165, 1.54) is 5.56 Å². The minimum Gasteiger partial charge on any atom is -0.503 e. The third-order valence-corrected chi connectivity index (χ3v) is 5.37. The van der Waals surface area contributed by atoms with Gasteiger partial charge in [-0.15, -0.1) is 0 Å². The van der Waals surface area contributed by atoms with Gasteiger partial charge in [-0.3, -0.25) is 9.78 Å². The average molecular weight is 384 g/mol. The maximum absolute atomic E-state index is 13.0. The van der Waals surface area contributed by atoms with Crippen LogP contribution in [0.3, 0.4) is 0 Å². The molecular weight excluding hydrogens is 360 g/mol. The number of rotatable bonds is 5. The van der Waals surface area contributed by atoms with Gasteiger partial charge in [-0.1, -0.05) is 74.5 Å². The fraction of sp³-hybridized carbons (Fsp3) is 0.200. The molecule has 0 radical (unpaired) electrons. The first-order valence-corrected chi connectivity index (χ1v) is 9.85. The Hall–Kier alpha value is -3.40. The summed E-state index contributed by atoms with van der Waals surface area (Å²) in [6.07, 6.45) is 1.72. The van der Waals surface area contributed by atoms with Crippen LogP contribution in [0.15, 0.2) is 84.8 Å². The summed E-state index contributed by atoms with van der Waals surface area (Å²) in [6.45, 7) is 4.64. The van der Waals surface area contributed by atoms with E-state index < -0.39 is 0 Å². The highest BCUT2D eigenvalue weighted by molar-refractivity contribution is 6.05. The summed E-state index contributed by atoms with van der Waals surface area (Å²) in [7, 11) is 0. The summed E-state index contributed by atoms with van der Waals surface area (Å²) in [5, 5.41) is 10.8. The highest BCUT2D eigenvalue weighted by Gasteiger charge is 2.41. The molecule has 4 nitrogen and oxygen atoms in total. The molecular formula is C25H24N2O2. The second-order valence-electron chi connectivity index (χ2n) is 7.61. The lowest BCUT2D eigenvalue weighted by atomic mass is 9.92. The number of carbonyl (C=O) groups excluding carboxylic acids is 1. The Labute approximate surface area is 171 Å². The van der Waals surface area contributed by atoms with E-state index in [2.05, 4.69) is 43.1 Å². The monoisotopic (exact) mass is 384 g/mol. The summed E-state index contributed by atoms with van der Waals surface area (Å²) in [4.78, 5) is 19.1. The third kappa shape index (κ3) is 3.66. The van der Waals surface area contributed by atoms with Crippen molar-refractivity contribution in [1.29, 1.82) is 0 Å². The third-order valence-electron chi connectivity index (χ3n) is 5.37. The molecule has 0 unspecified atom stereocenters. The van der Waals surface area contributed by atoms with E-state index >= 15 is 0 Å². The first kappa shape index (κ1) is 18.9. The van der Waals surface area contributed by atoms with Crippen molar-refractivity contribution in [3.05, 3.63) is 107 Å². The molecule has 0 saturated heterocycles. The highest BCUT2D eigenvalue weighted by Crippen LogP contribution is 2.43. The summed E-state index contributed by atoms with van der Waals surface area (Å²) in [5.41, 5.74) is 4.49. The molecule has 0 bridgehead atoms. The van der Waals surface area contributed by atoms with Crippen LogP contribution in [0.1, 0.15) is 48.2 Å². The number of pyridine rings is 1. The zero-order chi connectivity index (χ0) is 20.4. The number of hydrogen-bond donors (Lipinski definition) is 1. The van der Waals surface area contributed by atoms with Crippen molar-refractivity contribution in [3.8, 4) is 0 Å². The Morgan fingerprint density at radius 3 is 2.28 bits per heavy atom. The minimum absolute atomic E-state index is 0.190. The van der Waals surface area contributed by atoms with Gasteiger partial charge in [0.1, 0.15) is 0 Å². The van der Waals surface area contributed by atoms with Gasteiger partial charge in [-0.2, -0.15) is 0 Å². The van der Waals surface area contributed by atoms with Gasteiger partial charge in [0.25, 0.3) is 5.91 Å². The van der Waals surface area contributed by atoms with Gasteiger partial charge in [-0.05, 0) is 34.7 Å². The quantitative estimate of drug-likeness (QED) is 0.653. The van der Waals surface area contributed by atoms with E-state index in [0.717, 1.165) is 16.8 Å². The maximum atomic E-state index is 13.0. The van der Waals surface area contributed by atoms with E-state index in [1.54, 1.807) is 11.1 Å². The fourth-order valence-electron chi connectivity index (χ4n) is 3.81. The topological polar surface area (TPSA) is 53.4 Å². The normalized spacial score (nSPS) is 16.7. The molecule has 0 saturated carbocycles. The Morgan fingerprint density at radius 1 is 0.966 bits per heavy atom. The maximum Gasteiger partial charge on any atom is 0.290 e. The molecule has 0 aliphatic carbocycles. The lowest BCUT2D eigenvalue weighted by molar-refractivity contribution is -0.130. The second kappa shape index (κ2) is 7.92. The predicted molar refractivity (Wildman–Crippen MR) is 114 cm³/mol. The molecule has 2 heterocycles. The average Bonchev–Trinajstić information content (AvgIpc) is 3.00. The van der Waals surface area contributed by atoms with Gasteiger partial charge in [0.15, 0.2) is 5.76 Å². The summed E-state index contributed by atoms with van der Waals surface area (Å²) >= 11 is 0. The van der Waals surface area contributed by atoms with Gasteiger partial charge in [0.05, 0.1) is 18.3 Å². The molecule has 1 amide bonds. The molecule has 1 aliphatic rings. The van der Waals surface area contributed by atoms with Crippen LogP contribution in [0, 0.1) is 0 Å². The Kier molecular flexibility index (Phi) is 5.17. The number of aromatic nitrogens is 1. The van der Waals surface area contributed by atoms with Crippen LogP contribution >= 0.6 is 0 Å². The Bertz CT molecular complexity index is 1030. The number of benzene rings is 2. The molecule has 146 valence electrons. The second-order valence-corrected chi connectivity index (χ2v) is 7.61. The van der Waals surface area contributed by atoms with Crippen molar-refractivity contribution < 1.29 is 9.90 Å². The number of carbonyl (C=O) groups is 1. The standard InChI is InChI=1S/C25H24N2O2/c1-17(2)18-11-13-20(14-12-18)23-22(19-8-4-3-5-9-19)24(28)25(29)27(23)16-21-10-6-7-15-26-21/h3-15,17,23,28H,16H2,1-2H3/t23-/m0/s1. The SMILES string of the molecule is CC(C)c1ccc([C@H]2C(c3ccccc3)=C(O)C(=O)N2Cc2ccccn2)cc1. The number of aliphatic hydroxyl groups excluding tert-OH is 1. The summed E-state index contributed by atoms with van der Waals surface area (Å²) < 4.78 is 0. The molecule has 1 atom stereocenters. The van der Waals surface area contributed by atoms with Gasteiger partial charge < -0.3 is 10.0 Å². The molecule has 3 aromatic rings. The number of nitrogens with zero attached hydrogens (tertiary/aromatic N) is 2. The van der Waals surface area contributed by atoms with Crippen molar-refractivity contribution in [2.45, 2.75) is 32.4 Å². The van der Waals surface area contributed by atoms with E-state index in [1.807, 2.05) is 48.5 Å². The molecule has 0 spiro atoms. The Morgan fingerprint density at radius 2 is 1.66 bits per heavy atom. The van der Waals surface area contributed by atoms with Crippen LogP contribution in [0.4, 0.5) is 0 Å². The van der Waals surface area contributed by atoms with E-state index in [4.69, 9.17) is 0 Å². The predicted octanol–water partition coefficient (Wildman–Crippen LogP) is 5.26. The summed E-state index contributed by atoms with van der Waals surface area (Å²) in [6, 6.07) is 23.2. The highest BCUT2D eigenvalue weighted by atomic mass is 16.3. The van der Waals surface area contributed by atoms with Crippen LogP contribution in [0.25, 0.3) is 5.57 Å². The van der Waals surface area contributed by atoms with Crippen LogP contribution in [0.2, 0.25) is 0 Å². The van der Waals surface area contributed by atoms with E-state index in [-0.39, 0.29) is 17.7 Å². The molecule has 1 aromatic heterocycles. The van der Waals surface area contributed by atoms with E-state index in [9.17, 15) is 9.90 Å². The van der Waals surface area contributed by atoms with Gasteiger partial charge >= 0.3 is 0 Å². The molecule has 1 aliphatic heterocycles. The van der Waals surface area contributed by atoms with Crippen molar-refractivity contribution in [1.82, 2.24) is 9.88 Å². The van der Waals surface area contributed by atoms with Gasteiger partial charge in [-0.25, -0.2) is 0 Å². The summed E-state index contributed by atoms with van der Waals surface area (Å²) in [5.74, 6) is -0.131. The first-order valence-electron chi connectivity index (χ1n) is 9.85. The van der Waals surface area contributed by atoms with Crippen LogP contribution < -0.4 is 0 Å². The molecule has 1 N–H and O–H groups in total. The van der Waals surface area contributed by atoms with Crippen molar-refractivity contribution in [2.75, 3.05) is 0 Å². The van der Waals surface area contributed by atoms with E-state index in [0.29, 0.717) is 18.0 Å². The van der Waals surface area contributed by atoms with Crippen LogP contribution in [-0.2, 0) is 11.3 Å². The molecule has 29 heavy (non-hydrogen) atoms. The zero-order valence-electron chi connectivity index (χ0n) is 16.6. The van der Waals surface area contributed by atoms with Crippen molar-refractivity contribution in [3.63, 3.8) is 0 Å². The fourth-order valence-corrected chi connectivity index (χ4v) is 3.81. The zero-order valence-corrected chi connectivity index (χ0v) is 16.6. The lowest BCUT2D eigenvalue weighted by Crippen LogP contribution is -2.30. The molecule has 4 rings (SSSR count). The number of amides is 1. The van der Waals surface area contributed by atoms with Crippen molar-refractivity contribution >= 4 is 11.5 Å². The van der Waals surface area contributed by atoms with Gasteiger partial charge in [0, 0.05) is 11.8 Å². The largest absolute Gasteiger partial charge is 0.503 e. The minimum atomic E-state index is -0.368. The number of hydrogen-bond acceptors (Lipinski definition) is 3. The van der Waals surface area contributed by atoms with Gasteiger partial charge in [0.2, 0.25) is 0 Å². The smallest absolute Gasteiger partial charge is 0.290 e.